The van der Waals surface area contributed by atoms with Gasteiger partial charge >= 0.3 is 5.97 Å². The average molecular weight is 409 g/mol. The summed E-state index contributed by atoms with van der Waals surface area (Å²) in [5, 5.41) is 6.08. The third-order valence-electron chi connectivity index (χ3n) is 3.56. The fourth-order valence-electron chi connectivity index (χ4n) is 2.08. The van der Waals surface area contributed by atoms with Gasteiger partial charge in [-0.15, -0.1) is 0 Å². The van der Waals surface area contributed by atoms with E-state index in [0.29, 0.717) is 21.3 Å². The second-order valence-electron chi connectivity index (χ2n) is 5.78. The molecule has 0 radical (unpaired) electrons. The zero-order valence-corrected chi connectivity index (χ0v) is 16.2. The average Bonchev–Trinajstić information content (AvgIpc) is 2.62. The van der Waals surface area contributed by atoms with Crippen molar-refractivity contribution in [3.8, 4) is 0 Å². The van der Waals surface area contributed by atoms with Gasteiger partial charge < -0.3 is 15.4 Å². The van der Waals surface area contributed by atoms with E-state index in [1.165, 1.54) is 26.0 Å². The van der Waals surface area contributed by atoms with Crippen LogP contribution in [0.15, 0.2) is 48.5 Å². The Bertz CT molecular complexity index is 840. The molecule has 8 heteroatoms. The Balaban J connectivity index is 1.87. The van der Waals surface area contributed by atoms with Crippen molar-refractivity contribution >= 4 is 46.7 Å². The van der Waals surface area contributed by atoms with E-state index >= 15 is 0 Å². The maximum atomic E-state index is 12.1. The molecule has 0 saturated heterocycles. The maximum Gasteiger partial charge on any atom is 0.329 e. The molecule has 0 spiro atoms. The van der Waals surface area contributed by atoms with Crippen LogP contribution in [0, 0.1) is 0 Å². The fourth-order valence-corrected chi connectivity index (χ4v) is 2.40. The number of hydrogen-bond donors (Lipinski definition) is 2. The van der Waals surface area contributed by atoms with E-state index in [1.54, 1.807) is 36.4 Å². The van der Waals surface area contributed by atoms with E-state index in [4.69, 9.17) is 27.9 Å². The van der Waals surface area contributed by atoms with Gasteiger partial charge in [0.15, 0.2) is 6.10 Å². The van der Waals surface area contributed by atoms with Crippen molar-refractivity contribution in [1.29, 1.82) is 0 Å². The van der Waals surface area contributed by atoms with Gasteiger partial charge in [0.25, 0.3) is 11.8 Å². The van der Waals surface area contributed by atoms with Crippen LogP contribution in [0.2, 0.25) is 10.0 Å². The number of rotatable bonds is 6. The van der Waals surface area contributed by atoms with Gasteiger partial charge in [-0.05, 0) is 56.3 Å². The Morgan fingerprint density at radius 2 is 1.63 bits per heavy atom. The number of anilines is 1. The van der Waals surface area contributed by atoms with Crippen molar-refractivity contribution < 1.29 is 19.1 Å². The molecular formula is C19H18Cl2N2O4. The summed E-state index contributed by atoms with van der Waals surface area (Å²) in [6.45, 7) is 2.91. The SMILES string of the molecule is C[C@H](NC(=O)c1ccc(Cl)cc1)C(=O)O[C@@H](C)C(=O)Nc1cccc(Cl)c1. The van der Waals surface area contributed by atoms with Gasteiger partial charge in [0.1, 0.15) is 6.04 Å². The Labute approximate surface area is 166 Å². The molecule has 0 bridgehead atoms. The molecule has 0 saturated carbocycles. The quantitative estimate of drug-likeness (QED) is 0.713. The van der Waals surface area contributed by atoms with Gasteiger partial charge in [-0.25, -0.2) is 4.79 Å². The highest BCUT2D eigenvalue weighted by atomic mass is 35.5. The number of carbonyl (C=O) groups excluding carboxylic acids is 3. The first-order chi connectivity index (χ1) is 12.8. The monoisotopic (exact) mass is 408 g/mol. The van der Waals surface area contributed by atoms with Crippen molar-refractivity contribution in [2.75, 3.05) is 5.32 Å². The molecule has 142 valence electrons. The zero-order chi connectivity index (χ0) is 20.0. The van der Waals surface area contributed by atoms with Crippen LogP contribution in [0.5, 0.6) is 0 Å². The number of halogens is 2. The summed E-state index contributed by atoms with van der Waals surface area (Å²) in [5.41, 5.74) is 0.838. The molecule has 0 unspecified atom stereocenters. The summed E-state index contributed by atoms with van der Waals surface area (Å²) in [6.07, 6.45) is -1.05. The molecule has 0 aliphatic heterocycles. The van der Waals surface area contributed by atoms with E-state index < -0.39 is 29.9 Å². The minimum atomic E-state index is -1.05. The lowest BCUT2D eigenvalue weighted by Crippen LogP contribution is -2.42. The minimum Gasteiger partial charge on any atom is -0.451 e. The van der Waals surface area contributed by atoms with Crippen molar-refractivity contribution in [3.63, 3.8) is 0 Å². The summed E-state index contributed by atoms with van der Waals surface area (Å²) in [6, 6.07) is 11.9. The highest BCUT2D eigenvalue weighted by molar-refractivity contribution is 6.31. The highest BCUT2D eigenvalue weighted by Crippen LogP contribution is 2.15. The number of amides is 2. The van der Waals surface area contributed by atoms with Crippen LogP contribution in [0.3, 0.4) is 0 Å². The van der Waals surface area contributed by atoms with Crippen molar-refractivity contribution in [2.24, 2.45) is 0 Å². The molecule has 2 rings (SSSR count). The van der Waals surface area contributed by atoms with E-state index in [9.17, 15) is 14.4 Å². The normalized spacial score (nSPS) is 12.6. The van der Waals surface area contributed by atoms with Crippen LogP contribution in [0.1, 0.15) is 24.2 Å². The molecule has 2 aromatic carbocycles. The molecular weight excluding hydrogens is 391 g/mol. The van der Waals surface area contributed by atoms with Crippen LogP contribution in [0.25, 0.3) is 0 Å². The largest absolute Gasteiger partial charge is 0.451 e. The molecule has 6 nitrogen and oxygen atoms in total. The zero-order valence-electron chi connectivity index (χ0n) is 14.7. The van der Waals surface area contributed by atoms with Crippen molar-refractivity contribution in [3.05, 3.63) is 64.1 Å². The molecule has 2 aromatic rings. The van der Waals surface area contributed by atoms with Crippen LogP contribution in [-0.2, 0) is 14.3 Å². The van der Waals surface area contributed by atoms with Crippen molar-refractivity contribution in [2.45, 2.75) is 26.0 Å². The predicted molar refractivity (Wildman–Crippen MR) is 104 cm³/mol. The summed E-state index contributed by atoms with van der Waals surface area (Å²) in [4.78, 5) is 36.4. The lowest BCUT2D eigenvalue weighted by Gasteiger charge is -2.17. The second-order valence-corrected chi connectivity index (χ2v) is 6.65. The standard InChI is InChI=1S/C19H18Cl2N2O4/c1-11(22-18(25)13-6-8-14(20)9-7-13)19(26)27-12(2)17(24)23-16-5-3-4-15(21)10-16/h3-12H,1-2H3,(H,22,25)(H,23,24)/t11-,12-/m0/s1. The third kappa shape index (κ3) is 6.27. The first-order valence-corrected chi connectivity index (χ1v) is 8.85. The molecule has 2 amide bonds. The minimum absolute atomic E-state index is 0.353. The van der Waals surface area contributed by atoms with Crippen LogP contribution in [0.4, 0.5) is 5.69 Å². The highest BCUT2D eigenvalue weighted by Gasteiger charge is 2.23. The van der Waals surface area contributed by atoms with Crippen LogP contribution in [-0.4, -0.2) is 29.9 Å². The van der Waals surface area contributed by atoms with Gasteiger partial charge in [0, 0.05) is 21.3 Å². The van der Waals surface area contributed by atoms with E-state index in [1.807, 2.05) is 0 Å². The molecule has 0 fully saturated rings. The van der Waals surface area contributed by atoms with E-state index in [-0.39, 0.29) is 0 Å². The first kappa shape index (κ1) is 20.7. The number of benzene rings is 2. The van der Waals surface area contributed by atoms with Gasteiger partial charge in [0.2, 0.25) is 0 Å². The Kier molecular flexibility index (Phi) is 7.21. The molecule has 0 aliphatic carbocycles. The summed E-state index contributed by atoms with van der Waals surface area (Å²) < 4.78 is 5.11. The first-order valence-electron chi connectivity index (χ1n) is 8.09. The molecule has 0 aliphatic rings. The maximum absolute atomic E-state index is 12.1. The fraction of sp³-hybridized carbons (Fsp3) is 0.211. The Morgan fingerprint density at radius 3 is 2.26 bits per heavy atom. The molecule has 0 aromatic heterocycles. The number of ether oxygens (including phenoxy) is 1. The van der Waals surface area contributed by atoms with E-state index in [0.717, 1.165) is 0 Å². The van der Waals surface area contributed by atoms with Gasteiger partial charge in [0.05, 0.1) is 0 Å². The lowest BCUT2D eigenvalue weighted by molar-refractivity contribution is -0.154. The van der Waals surface area contributed by atoms with Gasteiger partial charge in [-0.1, -0.05) is 29.3 Å². The molecule has 27 heavy (non-hydrogen) atoms. The second kappa shape index (κ2) is 9.39. The van der Waals surface area contributed by atoms with Crippen LogP contribution < -0.4 is 10.6 Å². The molecule has 2 N–H and O–H groups in total. The number of nitrogens with one attached hydrogen (secondary N) is 2. The summed E-state index contributed by atoms with van der Waals surface area (Å²) >= 11 is 11.6. The van der Waals surface area contributed by atoms with Gasteiger partial charge in [-0.2, -0.15) is 0 Å². The van der Waals surface area contributed by atoms with Gasteiger partial charge in [-0.3, -0.25) is 9.59 Å². The molecule has 0 heterocycles. The number of esters is 1. The summed E-state index contributed by atoms with van der Waals surface area (Å²) in [7, 11) is 0. The predicted octanol–water partition coefficient (Wildman–Crippen LogP) is 3.68. The van der Waals surface area contributed by atoms with Crippen molar-refractivity contribution in [1.82, 2.24) is 5.32 Å². The number of carbonyl (C=O) groups is 3. The molecule has 2 atom stereocenters. The third-order valence-corrected chi connectivity index (χ3v) is 4.05. The summed E-state index contributed by atoms with van der Waals surface area (Å²) in [5.74, 6) is -1.69. The Hall–Kier alpha value is -2.57. The smallest absolute Gasteiger partial charge is 0.329 e. The lowest BCUT2D eigenvalue weighted by atomic mass is 10.2. The number of hydrogen-bond acceptors (Lipinski definition) is 4. The topological polar surface area (TPSA) is 84.5 Å². The Morgan fingerprint density at radius 1 is 0.963 bits per heavy atom. The van der Waals surface area contributed by atoms with Crippen LogP contribution >= 0.6 is 23.2 Å². The van der Waals surface area contributed by atoms with E-state index in [2.05, 4.69) is 10.6 Å².